The minimum atomic E-state index is -1.96. The maximum absolute atomic E-state index is 13.0. The molecule has 2 aromatic carbocycles. The Balaban J connectivity index is 1.49. The first-order valence-electron chi connectivity index (χ1n) is 14.4. The average Bonchev–Trinajstić information content (AvgIpc) is 3.05. The summed E-state index contributed by atoms with van der Waals surface area (Å²) in [4.78, 5) is 24.3. The lowest BCUT2D eigenvalue weighted by molar-refractivity contribution is -0.358. The van der Waals surface area contributed by atoms with Crippen molar-refractivity contribution in [2.45, 2.75) is 68.3 Å². The van der Waals surface area contributed by atoms with Gasteiger partial charge in [-0.15, -0.1) is 0 Å². The van der Waals surface area contributed by atoms with E-state index in [1.165, 1.54) is 25.3 Å². The number of fused-ring (bicyclic) bond motifs is 1. The van der Waals surface area contributed by atoms with Crippen LogP contribution in [0.4, 0.5) is 0 Å². The van der Waals surface area contributed by atoms with Crippen molar-refractivity contribution in [1.29, 1.82) is 0 Å². The molecule has 0 bridgehead atoms. The number of esters is 1. The highest BCUT2D eigenvalue weighted by Crippen LogP contribution is 2.42. The van der Waals surface area contributed by atoms with E-state index in [1.54, 1.807) is 0 Å². The molecule has 2 fully saturated rings. The van der Waals surface area contributed by atoms with Gasteiger partial charge in [-0.1, -0.05) is 0 Å². The van der Waals surface area contributed by atoms with Crippen LogP contribution in [0, 0.1) is 0 Å². The molecule has 10 atom stereocenters. The van der Waals surface area contributed by atoms with Crippen LogP contribution in [-0.2, 0) is 23.7 Å². The van der Waals surface area contributed by atoms with Gasteiger partial charge in [-0.2, -0.15) is 0 Å². The first kappa shape index (κ1) is 35.1. The lowest BCUT2D eigenvalue weighted by Gasteiger charge is -2.45. The highest BCUT2D eigenvalue weighted by Gasteiger charge is 2.51. The first-order valence-corrected chi connectivity index (χ1v) is 14.4. The summed E-state index contributed by atoms with van der Waals surface area (Å²) in [7, 11) is 1.34. The van der Waals surface area contributed by atoms with Gasteiger partial charge in [0.25, 0.3) is 0 Å². The van der Waals surface area contributed by atoms with Gasteiger partial charge in [-0.3, -0.25) is 9.59 Å². The van der Waals surface area contributed by atoms with Gasteiger partial charge in [-0.05, 0) is 18.2 Å². The van der Waals surface area contributed by atoms with Crippen LogP contribution in [-0.4, -0.2) is 134 Å². The summed E-state index contributed by atoms with van der Waals surface area (Å²) in [5.41, 5.74) is -1.16. The molecule has 3 aromatic rings. The summed E-state index contributed by atoms with van der Waals surface area (Å²) in [6.45, 7) is -0.321. The average molecular weight is 683 g/mol. The Morgan fingerprint density at radius 2 is 1.52 bits per heavy atom. The second kappa shape index (κ2) is 14.1. The summed E-state index contributed by atoms with van der Waals surface area (Å²) in [5.74, 6) is -3.21. The monoisotopic (exact) mass is 682 g/mol. The summed E-state index contributed by atoms with van der Waals surface area (Å²) < 4.78 is 38.0. The second-order valence-corrected chi connectivity index (χ2v) is 11.1. The van der Waals surface area contributed by atoms with Crippen molar-refractivity contribution in [3.8, 4) is 40.1 Å². The van der Waals surface area contributed by atoms with E-state index in [4.69, 9.17) is 32.8 Å². The number of rotatable bonds is 9. The van der Waals surface area contributed by atoms with Crippen molar-refractivity contribution in [3.63, 3.8) is 0 Å². The summed E-state index contributed by atoms with van der Waals surface area (Å²) in [6.07, 6.45) is -17.8. The zero-order chi connectivity index (χ0) is 35.0. The smallest absolute Gasteiger partial charge is 0.302 e. The zero-order valence-electron chi connectivity index (χ0n) is 25.3. The van der Waals surface area contributed by atoms with Crippen LogP contribution >= 0.6 is 0 Å². The molecule has 18 nitrogen and oxygen atoms in total. The Hall–Kier alpha value is -4.24. The number of benzene rings is 2. The molecule has 18 heteroatoms. The number of hydrogen-bond acceptors (Lipinski definition) is 18. The van der Waals surface area contributed by atoms with Crippen LogP contribution in [0.25, 0.3) is 22.3 Å². The third-order valence-electron chi connectivity index (χ3n) is 7.86. The molecule has 0 unspecified atom stereocenters. The molecule has 0 spiro atoms. The number of phenolic OH excluding ortho intramolecular Hbond substituents is 3. The fraction of sp³-hybridized carbons (Fsp3) is 0.467. The molecule has 9 N–H and O–H groups in total. The fourth-order valence-corrected chi connectivity index (χ4v) is 5.30. The van der Waals surface area contributed by atoms with Crippen LogP contribution in [0.1, 0.15) is 6.92 Å². The SMILES string of the molecule is COc1ccc(-c2cc(=O)c3c(O)cc(O[C@H]4O[C@H](CO)[C@@H](O)[C@H](O)[C@H]4O[C@H]4O[C@H](COC(C)=O)[C@@H](O)[C@@H](O)[C@H]4O)c(O)c3o2)cc1O. The number of hydrogen-bond donors (Lipinski definition) is 9. The van der Waals surface area contributed by atoms with Gasteiger partial charge in [0.1, 0.15) is 66.2 Å². The normalized spacial score (nSPS) is 30.6. The number of ether oxygens (including phenoxy) is 6. The Kier molecular flexibility index (Phi) is 10.3. The molecule has 262 valence electrons. The molecular formula is C30H34O18. The van der Waals surface area contributed by atoms with Gasteiger partial charge in [0.05, 0.1) is 13.7 Å². The Morgan fingerprint density at radius 1 is 0.833 bits per heavy atom. The first-order chi connectivity index (χ1) is 22.7. The van der Waals surface area contributed by atoms with E-state index in [9.17, 15) is 55.5 Å². The fourth-order valence-electron chi connectivity index (χ4n) is 5.30. The van der Waals surface area contributed by atoms with E-state index in [-0.39, 0.29) is 22.8 Å². The number of aliphatic hydroxyl groups is 6. The Labute approximate surface area is 270 Å². The van der Waals surface area contributed by atoms with Crippen LogP contribution in [0.2, 0.25) is 0 Å². The van der Waals surface area contributed by atoms with Gasteiger partial charge in [0.15, 0.2) is 40.7 Å². The van der Waals surface area contributed by atoms with Crippen molar-refractivity contribution >= 4 is 16.9 Å². The molecule has 3 heterocycles. The van der Waals surface area contributed by atoms with E-state index in [1.807, 2.05) is 0 Å². The van der Waals surface area contributed by atoms with Crippen LogP contribution < -0.4 is 14.9 Å². The maximum atomic E-state index is 13.0. The van der Waals surface area contributed by atoms with E-state index < -0.39 is 114 Å². The lowest BCUT2D eigenvalue weighted by Crippen LogP contribution is -2.65. The summed E-state index contributed by atoms with van der Waals surface area (Å²) in [5, 5.41) is 94.2. The minimum absolute atomic E-state index is 0.132. The van der Waals surface area contributed by atoms with Gasteiger partial charge >= 0.3 is 5.97 Å². The molecule has 0 radical (unpaired) electrons. The highest BCUT2D eigenvalue weighted by molar-refractivity contribution is 5.91. The molecular weight excluding hydrogens is 648 g/mol. The third kappa shape index (κ3) is 6.70. The Morgan fingerprint density at radius 3 is 2.17 bits per heavy atom. The molecule has 0 aliphatic carbocycles. The number of phenols is 3. The number of carbonyl (C=O) groups is 1. The maximum Gasteiger partial charge on any atom is 0.302 e. The van der Waals surface area contributed by atoms with Crippen molar-refractivity contribution in [2.75, 3.05) is 20.3 Å². The molecule has 0 saturated carbocycles. The van der Waals surface area contributed by atoms with Gasteiger partial charge in [0, 0.05) is 24.6 Å². The standard InChI is InChI=1S/C30H34O18/c1-10(32)43-9-19-22(37)24(39)26(41)29(47-19)48-28-25(40)21(36)18(8-31)46-30(28)45-17-7-14(35)20-13(34)6-16(44-27(20)23(17)38)11-3-4-15(42-2)12(33)5-11/h3-7,18-19,21-22,24-26,28-31,33,35-41H,8-9H2,1-2H3/t18-,19-,21-,22-,24-,25+,26-,28-,29-,30+/m1/s1. The topological polar surface area (TPSA) is 285 Å². The molecule has 48 heavy (non-hydrogen) atoms. The lowest BCUT2D eigenvalue weighted by atomic mass is 9.97. The summed E-state index contributed by atoms with van der Waals surface area (Å²) >= 11 is 0. The highest BCUT2D eigenvalue weighted by atomic mass is 16.8. The van der Waals surface area contributed by atoms with Crippen LogP contribution in [0.5, 0.6) is 28.7 Å². The molecule has 2 saturated heterocycles. The van der Waals surface area contributed by atoms with E-state index in [2.05, 4.69) is 0 Å². The molecule has 2 aliphatic heterocycles. The van der Waals surface area contributed by atoms with Crippen LogP contribution in [0.3, 0.4) is 0 Å². The summed E-state index contributed by atoms with van der Waals surface area (Å²) in [6, 6.07) is 5.91. The molecule has 0 amide bonds. The van der Waals surface area contributed by atoms with Crippen molar-refractivity contribution in [1.82, 2.24) is 0 Å². The molecule has 2 aliphatic rings. The zero-order valence-corrected chi connectivity index (χ0v) is 25.3. The quantitative estimate of drug-likeness (QED) is 0.0885. The third-order valence-corrected chi connectivity index (χ3v) is 7.86. The van der Waals surface area contributed by atoms with Crippen molar-refractivity contribution in [3.05, 3.63) is 40.6 Å². The van der Waals surface area contributed by atoms with Gasteiger partial charge < -0.3 is 78.8 Å². The molecule has 5 rings (SSSR count). The van der Waals surface area contributed by atoms with E-state index in [0.29, 0.717) is 0 Å². The van der Waals surface area contributed by atoms with E-state index >= 15 is 0 Å². The van der Waals surface area contributed by atoms with Gasteiger partial charge in [0.2, 0.25) is 12.0 Å². The largest absolute Gasteiger partial charge is 0.507 e. The second-order valence-electron chi connectivity index (χ2n) is 11.1. The predicted octanol–water partition coefficient (Wildman–Crippen LogP) is -1.84. The number of aromatic hydroxyl groups is 3. The number of aliphatic hydroxyl groups excluding tert-OH is 6. The number of methoxy groups -OCH3 is 1. The van der Waals surface area contributed by atoms with E-state index in [0.717, 1.165) is 19.1 Å². The predicted molar refractivity (Wildman–Crippen MR) is 156 cm³/mol. The van der Waals surface area contributed by atoms with Crippen molar-refractivity contribution in [2.24, 2.45) is 0 Å². The van der Waals surface area contributed by atoms with Crippen molar-refractivity contribution < 1.29 is 83.6 Å². The Bertz CT molecular complexity index is 1690. The van der Waals surface area contributed by atoms with Gasteiger partial charge in [-0.25, -0.2) is 0 Å². The minimum Gasteiger partial charge on any atom is -0.507 e. The van der Waals surface area contributed by atoms with Crippen LogP contribution in [0.15, 0.2) is 39.5 Å². The number of carbonyl (C=O) groups excluding carboxylic acids is 1. The molecule has 1 aromatic heterocycles.